The largest absolute Gasteiger partial charge is 0.492 e. The van der Waals surface area contributed by atoms with Crippen LogP contribution < -0.4 is 10.5 Å². The van der Waals surface area contributed by atoms with Gasteiger partial charge in [-0.2, -0.15) is 0 Å². The van der Waals surface area contributed by atoms with Gasteiger partial charge in [-0.05, 0) is 31.5 Å². The fraction of sp³-hybridized carbons (Fsp3) is 0.625. The molecule has 0 amide bonds. The van der Waals surface area contributed by atoms with E-state index in [-0.39, 0.29) is 5.54 Å². The van der Waals surface area contributed by atoms with Crippen LogP contribution in [0.3, 0.4) is 0 Å². The van der Waals surface area contributed by atoms with E-state index >= 15 is 0 Å². The van der Waals surface area contributed by atoms with Crippen molar-refractivity contribution < 1.29 is 4.74 Å². The molecule has 0 aliphatic rings. The summed E-state index contributed by atoms with van der Waals surface area (Å²) in [5.74, 6) is 0.935. The third-order valence-corrected chi connectivity index (χ3v) is 4.12. The average Bonchev–Trinajstić information content (AvgIpc) is 2.48. The predicted molar refractivity (Wildman–Crippen MR) is 81.6 cm³/mol. The second-order valence-electron chi connectivity index (χ2n) is 4.88. The fourth-order valence-electron chi connectivity index (χ4n) is 2.64. The highest BCUT2D eigenvalue weighted by Crippen LogP contribution is 2.22. The molecule has 2 N–H and O–H groups in total. The molecule has 0 aliphatic heterocycles. The topological polar surface area (TPSA) is 38.5 Å². The van der Waals surface area contributed by atoms with Crippen LogP contribution >= 0.6 is 0 Å². The van der Waals surface area contributed by atoms with E-state index in [9.17, 15) is 0 Å². The number of para-hydroxylation sites is 1. The van der Waals surface area contributed by atoms with Gasteiger partial charge in [0.15, 0.2) is 0 Å². The van der Waals surface area contributed by atoms with Crippen LogP contribution in [0.5, 0.6) is 5.75 Å². The minimum atomic E-state index is 0.120. The summed E-state index contributed by atoms with van der Waals surface area (Å²) in [5, 5.41) is 0. The molecule has 0 heterocycles. The highest BCUT2D eigenvalue weighted by molar-refractivity contribution is 5.20. The monoisotopic (exact) mass is 264 g/mol. The Labute approximate surface area is 117 Å². The minimum absolute atomic E-state index is 0.120. The van der Waals surface area contributed by atoms with Crippen molar-refractivity contribution >= 4 is 0 Å². The van der Waals surface area contributed by atoms with Crippen LogP contribution in [-0.2, 0) is 0 Å². The lowest BCUT2D eigenvalue weighted by atomic mass is 9.90. The summed E-state index contributed by atoms with van der Waals surface area (Å²) < 4.78 is 5.78. The maximum Gasteiger partial charge on any atom is 0.119 e. The van der Waals surface area contributed by atoms with Crippen LogP contribution in [-0.4, -0.2) is 36.7 Å². The molecule has 0 fully saturated rings. The van der Waals surface area contributed by atoms with Crippen molar-refractivity contribution in [1.82, 2.24) is 4.90 Å². The summed E-state index contributed by atoms with van der Waals surface area (Å²) in [4.78, 5) is 2.45. The van der Waals surface area contributed by atoms with Crippen LogP contribution in [0.2, 0.25) is 0 Å². The highest BCUT2D eigenvalue weighted by atomic mass is 16.5. The molecule has 3 nitrogen and oxygen atoms in total. The molecule has 1 rings (SSSR count). The summed E-state index contributed by atoms with van der Waals surface area (Å²) in [6.07, 6.45) is 2.17. The lowest BCUT2D eigenvalue weighted by Crippen LogP contribution is -2.54. The quantitative estimate of drug-likeness (QED) is 0.745. The molecule has 0 aromatic heterocycles. The summed E-state index contributed by atoms with van der Waals surface area (Å²) in [6.45, 7) is 9.98. The SMILES string of the molecule is CCN(CCOc1ccccc1)C(CC)(CC)CN. The molecule has 3 heteroatoms. The van der Waals surface area contributed by atoms with Gasteiger partial charge in [0.2, 0.25) is 0 Å². The van der Waals surface area contributed by atoms with Crippen molar-refractivity contribution in [2.45, 2.75) is 39.2 Å². The van der Waals surface area contributed by atoms with Crippen LogP contribution in [0.15, 0.2) is 30.3 Å². The number of hydrogen-bond acceptors (Lipinski definition) is 3. The third kappa shape index (κ3) is 4.22. The Balaban J connectivity index is 2.52. The van der Waals surface area contributed by atoms with Gasteiger partial charge < -0.3 is 10.5 Å². The fourth-order valence-corrected chi connectivity index (χ4v) is 2.64. The molecular formula is C16H28N2O. The summed E-state index contributed by atoms with van der Waals surface area (Å²) in [6, 6.07) is 9.97. The molecule has 0 saturated carbocycles. The van der Waals surface area contributed by atoms with Crippen LogP contribution in [0.4, 0.5) is 0 Å². The van der Waals surface area contributed by atoms with E-state index in [0.717, 1.165) is 31.7 Å². The van der Waals surface area contributed by atoms with E-state index < -0.39 is 0 Å². The minimum Gasteiger partial charge on any atom is -0.492 e. The highest BCUT2D eigenvalue weighted by Gasteiger charge is 2.30. The first kappa shape index (κ1) is 16.0. The zero-order chi connectivity index (χ0) is 14.1. The molecule has 0 atom stereocenters. The lowest BCUT2D eigenvalue weighted by Gasteiger charge is -2.42. The van der Waals surface area contributed by atoms with Crippen molar-refractivity contribution in [3.63, 3.8) is 0 Å². The molecule has 0 unspecified atom stereocenters. The van der Waals surface area contributed by atoms with Gasteiger partial charge in [-0.15, -0.1) is 0 Å². The van der Waals surface area contributed by atoms with Gasteiger partial charge in [-0.25, -0.2) is 0 Å². The average molecular weight is 264 g/mol. The molecule has 1 aromatic rings. The first-order chi connectivity index (χ1) is 9.22. The predicted octanol–water partition coefficient (Wildman–Crippen LogP) is 2.90. The molecule has 0 bridgehead atoms. The molecule has 1 aromatic carbocycles. The zero-order valence-corrected chi connectivity index (χ0v) is 12.6. The Morgan fingerprint density at radius 3 is 2.21 bits per heavy atom. The van der Waals surface area contributed by atoms with Crippen LogP contribution in [0.1, 0.15) is 33.6 Å². The summed E-state index contributed by atoms with van der Waals surface area (Å²) in [5.41, 5.74) is 6.13. The van der Waals surface area contributed by atoms with Crippen LogP contribution in [0.25, 0.3) is 0 Å². The van der Waals surface area contributed by atoms with Crippen molar-refractivity contribution in [1.29, 1.82) is 0 Å². The second-order valence-corrected chi connectivity index (χ2v) is 4.88. The van der Waals surface area contributed by atoms with E-state index in [0.29, 0.717) is 13.2 Å². The van der Waals surface area contributed by atoms with Gasteiger partial charge >= 0.3 is 0 Å². The normalized spacial score (nSPS) is 11.8. The number of nitrogens with two attached hydrogens (primary N) is 1. The lowest BCUT2D eigenvalue weighted by molar-refractivity contribution is 0.0745. The van der Waals surface area contributed by atoms with E-state index in [1.54, 1.807) is 0 Å². The molecule has 0 aliphatic carbocycles. The molecule has 108 valence electrons. The standard InChI is InChI=1S/C16H28N2O/c1-4-16(5-2,14-17)18(6-3)12-13-19-15-10-8-7-9-11-15/h7-11H,4-6,12-14,17H2,1-3H3. The first-order valence-corrected chi connectivity index (χ1v) is 7.35. The van der Waals surface area contributed by atoms with Gasteiger partial charge in [-0.1, -0.05) is 39.0 Å². The van der Waals surface area contributed by atoms with Gasteiger partial charge in [-0.3, -0.25) is 4.90 Å². The van der Waals surface area contributed by atoms with E-state index in [4.69, 9.17) is 10.5 Å². The first-order valence-electron chi connectivity index (χ1n) is 7.35. The number of likely N-dealkylation sites (N-methyl/N-ethyl adjacent to an activating group) is 1. The van der Waals surface area contributed by atoms with Crippen molar-refractivity contribution in [3.8, 4) is 5.75 Å². The third-order valence-electron chi connectivity index (χ3n) is 4.12. The van der Waals surface area contributed by atoms with Crippen LogP contribution in [0, 0.1) is 0 Å². The number of nitrogens with zero attached hydrogens (tertiary/aromatic N) is 1. The van der Waals surface area contributed by atoms with Gasteiger partial charge in [0.25, 0.3) is 0 Å². The Kier molecular flexibility index (Phi) is 6.89. The maximum atomic E-state index is 6.01. The molecular weight excluding hydrogens is 236 g/mol. The smallest absolute Gasteiger partial charge is 0.119 e. The van der Waals surface area contributed by atoms with E-state index in [1.807, 2.05) is 30.3 Å². The molecule has 0 spiro atoms. The van der Waals surface area contributed by atoms with Gasteiger partial charge in [0, 0.05) is 18.6 Å². The van der Waals surface area contributed by atoms with Crippen molar-refractivity contribution in [2.75, 3.05) is 26.2 Å². The number of rotatable bonds is 9. The summed E-state index contributed by atoms with van der Waals surface area (Å²) in [7, 11) is 0. The Bertz CT molecular complexity index is 328. The molecule has 0 saturated heterocycles. The van der Waals surface area contributed by atoms with E-state index in [1.165, 1.54) is 0 Å². The molecule has 19 heavy (non-hydrogen) atoms. The number of hydrogen-bond donors (Lipinski definition) is 1. The number of benzene rings is 1. The van der Waals surface area contributed by atoms with Gasteiger partial charge in [0.1, 0.15) is 12.4 Å². The number of ether oxygens (including phenoxy) is 1. The molecule has 0 radical (unpaired) electrons. The van der Waals surface area contributed by atoms with E-state index in [2.05, 4.69) is 25.7 Å². The zero-order valence-electron chi connectivity index (χ0n) is 12.6. The Hall–Kier alpha value is -1.06. The van der Waals surface area contributed by atoms with Gasteiger partial charge in [0.05, 0.1) is 0 Å². The summed E-state index contributed by atoms with van der Waals surface area (Å²) >= 11 is 0. The Morgan fingerprint density at radius 1 is 1.11 bits per heavy atom. The Morgan fingerprint density at radius 2 is 1.74 bits per heavy atom. The second kappa shape index (κ2) is 8.18. The van der Waals surface area contributed by atoms with Crippen molar-refractivity contribution in [2.24, 2.45) is 5.73 Å². The van der Waals surface area contributed by atoms with Crippen molar-refractivity contribution in [3.05, 3.63) is 30.3 Å². The maximum absolute atomic E-state index is 6.01.